The molecule has 0 aromatic carbocycles. The van der Waals surface area contributed by atoms with E-state index in [0.717, 1.165) is 19.4 Å². The Kier molecular flexibility index (Phi) is 4.51. The summed E-state index contributed by atoms with van der Waals surface area (Å²) < 4.78 is 6.08. The first-order valence-electron chi connectivity index (χ1n) is 7.61. The van der Waals surface area contributed by atoms with Crippen LogP contribution < -0.4 is 11.1 Å². The number of amides is 1. The van der Waals surface area contributed by atoms with Gasteiger partial charge in [-0.05, 0) is 39.5 Å². The first-order chi connectivity index (χ1) is 8.94. The van der Waals surface area contributed by atoms with Gasteiger partial charge in [0.15, 0.2) is 0 Å². The average Bonchev–Trinajstić information content (AvgIpc) is 2.37. The molecule has 0 bridgehead atoms. The summed E-state index contributed by atoms with van der Waals surface area (Å²) >= 11 is 0. The van der Waals surface area contributed by atoms with E-state index in [1.54, 1.807) is 0 Å². The Bertz CT molecular complexity index is 317. The van der Waals surface area contributed by atoms with Crippen LogP contribution in [0.5, 0.6) is 0 Å². The van der Waals surface area contributed by atoms with Gasteiger partial charge in [-0.1, -0.05) is 19.3 Å². The van der Waals surface area contributed by atoms with Gasteiger partial charge in [0.25, 0.3) is 0 Å². The molecular formula is C15H28N2O2. The Hall–Kier alpha value is -0.610. The number of ether oxygens (including phenoxy) is 1. The summed E-state index contributed by atoms with van der Waals surface area (Å²) in [6.45, 7) is 5.30. The van der Waals surface area contributed by atoms with Gasteiger partial charge < -0.3 is 15.8 Å². The maximum atomic E-state index is 11.3. The van der Waals surface area contributed by atoms with Crippen LogP contribution in [0.15, 0.2) is 0 Å². The van der Waals surface area contributed by atoms with Crippen LogP contribution in [0.4, 0.5) is 0 Å². The van der Waals surface area contributed by atoms with E-state index in [1.807, 2.05) is 13.8 Å². The minimum Gasteiger partial charge on any atom is -0.375 e. The van der Waals surface area contributed by atoms with Gasteiger partial charge in [0.1, 0.15) is 0 Å². The van der Waals surface area contributed by atoms with Gasteiger partial charge in [-0.2, -0.15) is 0 Å². The van der Waals surface area contributed by atoms with Crippen molar-refractivity contribution in [1.29, 1.82) is 0 Å². The largest absolute Gasteiger partial charge is 0.375 e. The van der Waals surface area contributed by atoms with Crippen molar-refractivity contribution < 1.29 is 9.53 Å². The van der Waals surface area contributed by atoms with Gasteiger partial charge >= 0.3 is 0 Å². The molecular weight excluding hydrogens is 240 g/mol. The standard InChI is InChI=1S/C15H28N2O2/c1-14(2,13(16)18)11-17-12-6-9-19-15(10-12)7-4-3-5-8-15/h12,17H,3-11H2,1-2H3,(H2,16,18). The molecule has 0 radical (unpaired) electrons. The zero-order valence-electron chi connectivity index (χ0n) is 12.3. The molecule has 110 valence electrons. The van der Waals surface area contributed by atoms with Crippen LogP contribution in [0.25, 0.3) is 0 Å². The molecule has 2 rings (SSSR count). The number of carbonyl (C=O) groups excluding carboxylic acids is 1. The fourth-order valence-corrected chi connectivity index (χ4v) is 3.23. The van der Waals surface area contributed by atoms with Crippen LogP contribution in [-0.2, 0) is 9.53 Å². The second-order valence-electron chi connectivity index (χ2n) is 6.91. The van der Waals surface area contributed by atoms with E-state index in [-0.39, 0.29) is 11.5 Å². The highest BCUT2D eigenvalue weighted by Crippen LogP contribution is 2.38. The van der Waals surface area contributed by atoms with E-state index in [4.69, 9.17) is 10.5 Å². The Labute approximate surface area is 116 Å². The molecule has 4 nitrogen and oxygen atoms in total. The van der Waals surface area contributed by atoms with Crippen molar-refractivity contribution in [2.24, 2.45) is 11.1 Å². The predicted octanol–water partition coefficient (Wildman–Crippen LogP) is 1.97. The highest BCUT2D eigenvalue weighted by Gasteiger charge is 2.38. The van der Waals surface area contributed by atoms with Crippen LogP contribution >= 0.6 is 0 Å². The topological polar surface area (TPSA) is 64.3 Å². The molecule has 1 unspecified atom stereocenters. The first kappa shape index (κ1) is 14.8. The van der Waals surface area contributed by atoms with Crippen LogP contribution in [0.1, 0.15) is 58.8 Å². The van der Waals surface area contributed by atoms with Crippen molar-refractivity contribution in [3.63, 3.8) is 0 Å². The van der Waals surface area contributed by atoms with E-state index in [2.05, 4.69) is 5.32 Å². The molecule has 1 aliphatic heterocycles. The van der Waals surface area contributed by atoms with Crippen LogP contribution in [0, 0.1) is 5.41 Å². The number of primary amides is 1. The molecule has 1 atom stereocenters. The van der Waals surface area contributed by atoms with Gasteiger partial charge in [-0.3, -0.25) is 4.79 Å². The third-order valence-electron chi connectivity index (χ3n) is 4.76. The molecule has 2 fully saturated rings. The van der Waals surface area contributed by atoms with Crippen LogP contribution in [0.3, 0.4) is 0 Å². The molecule has 3 N–H and O–H groups in total. The Morgan fingerprint density at radius 3 is 2.68 bits per heavy atom. The Morgan fingerprint density at radius 2 is 2.05 bits per heavy atom. The summed E-state index contributed by atoms with van der Waals surface area (Å²) in [5.74, 6) is -0.237. The lowest BCUT2D eigenvalue weighted by atomic mass is 9.78. The summed E-state index contributed by atoms with van der Waals surface area (Å²) in [6.07, 6.45) is 8.45. The fraction of sp³-hybridized carbons (Fsp3) is 0.933. The summed E-state index contributed by atoms with van der Waals surface area (Å²) in [7, 11) is 0. The summed E-state index contributed by atoms with van der Waals surface area (Å²) in [4.78, 5) is 11.3. The highest BCUT2D eigenvalue weighted by atomic mass is 16.5. The molecule has 1 heterocycles. The number of hydrogen-bond donors (Lipinski definition) is 2. The molecule has 0 aromatic heterocycles. The van der Waals surface area contributed by atoms with Crippen LogP contribution in [0.2, 0.25) is 0 Å². The summed E-state index contributed by atoms with van der Waals surface area (Å²) in [5.41, 5.74) is 5.06. The van der Waals surface area contributed by atoms with Crippen molar-refractivity contribution in [1.82, 2.24) is 5.32 Å². The zero-order chi connectivity index (χ0) is 13.9. The molecule has 1 aliphatic carbocycles. The predicted molar refractivity (Wildman–Crippen MR) is 75.8 cm³/mol. The van der Waals surface area contributed by atoms with E-state index < -0.39 is 5.41 Å². The van der Waals surface area contributed by atoms with E-state index >= 15 is 0 Å². The van der Waals surface area contributed by atoms with Crippen molar-refractivity contribution in [2.75, 3.05) is 13.2 Å². The zero-order valence-corrected chi connectivity index (χ0v) is 12.3. The highest BCUT2D eigenvalue weighted by molar-refractivity contribution is 5.80. The van der Waals surface area contributed by atoms with Gasteiger partial charge in [-0.15, -0.1) is 0 Å². The molecule has 19 heavy (non-hydrogen) atoms. The first-order valence-corrected chi connectivity index (χ1v) is 7.61. The second kappa shape index (κ2) is 5.80. The summed E-state index contributed by atoms with van der Waals surface area (Å²) in [5, 5.41) is 3.53. The molecule has 1 saturated heterocycles. The number of hydrogen-bond acceptors (Lipinski definition) is 3. The normalized spacial score (nSPS) is 27.4. The quantitative estimate of drug-likeness (QED) is 0.819. The SMILES string of the molecule is CC(C)(CNC1CCOC2(CCCCC2)C1)C(N)=O. The van der Waals surface area contributed by atoms with Crippen LogP contribution in [-0.4, -0.2) is 30.7 Å². The monoisotopic (exact) mass is 268 g/mol. The molecule has 1 spiro atoms. The number of carbonyl (C=O) groups is 1. The number of rotatable bonds is 4. The lowest BCUT2D eigenvalue weighted by Crippen LogP contribution is -2.51. The van der Waals surface area contributed by atoms with Gasteiger partial charge in [0.2, 0.25) is 5.91 Å². The minimum absolute atomic E-state index is 0.116. The average molecular weight is 268 g/mol. The van der Waals surface area contributed by atoms with Gasteiger partial charge in [0.05, 0.1) is 11.0 Å². The maximum Gasteiger partial charge on any atom is 0.224 e. The van der Waals surface area contributed by atoms with Crippen molar-refractivity contribution in [2.45, 2.75) is 70.4 Å². The lowest BCUT2D eigenvalue weighted by molar-refractivity contribution is -0.126. The van der Waals surface area contributed by atoms with Gasteiger partial charge in [0, 0.05) is 19.2 Å². The molecule has 2 aliphatic rings. The maximum absolute atomic E-state index is 11.3. The smallest absolute Gasteiger partial charge is 0.224 e. The van der Waals surface area contributed by atoms with E-state index in [1.165, 1.54) is 32.1 Å². The summed E-state index contributed by atoms with van der Waals surface area (Å²) in [6, 6.07) is 0.463. The van der Waals surface area contributed by atoms with Crippen molar-refractivity contribution in [3.8, 4) is 0 Å². The van der Waals surface area contributed by atoms with Gasteiger partial charge in [-0.25, -0.2) is 0 Å². The number of nitrogens with two attached hydrogens (primary N) is 1. The minimum atomic E-state index is -0.474. The van der Waals surface area contributed by atoms with E-state index in [0.29, 0.717) is 12.6 Å². The molecule has 4 heteroatoms. The number of nitrogens with one attached hydrogen (secondary N) is 1. The fourth-order valence-electron chi connectivity index (χ4n) is 3.23. The third kappa shape index (κ3) is 3.69. The molecule has 1 saturated carbocycles. The molecule has 1 amide bonds. The second-order valence-corrected chi connectivity index (χ2v) is 6.91. The van der Waals surface area contributed by atoms with E-state index in [9.17, 15) is 4.79 Å². The Morgan fingerprint density at radius 1 is 1.37 bits per heavy atom. The lowest BCUT2D eigenvalue weighted by Gasteiger charge is -2.44. The van der Waals surface area contributed by atoms with Crippen molar-refractivity contribution in [3.05, 3.63) is 0 Å². The molecule has 0 aromatic rings. The third-order valence-corrected chi connectivity index (χ3v) is 4.76. The van der Waals surface area contributed by atoms with Crippen molar-refractivity contribution >= 4 is 5.91 Å². The Balaban J connectivity index is 1.86.